The molecule has 2 atom stereocenters. The Bertz CT molecular complexity index is 955. The lowest BCUT2D eigenvalue weighted by Gasteiger charge is -2.22. The van der Waals surface area contributed by atoms with Crippen molar-refractivity contribution in [3.63, 3.8) is 0 Å². The standard InChI is InChI=1S/C58H113NO5/c1-3-5-7-9-11-13-15-17-18-24-27-30-34-38-42-46-50-56(61)55(54-60)59-57(62)51-47-43-39-35-31-28-25-22-20-19-21-23-26-29-33-37-41-45-49-53-64-58(63)52-48-44-40-36-32-16-14-12-10-8-6-4-2/h12,14,55-56,60-61H,3-11,13,15-54H2,1-2H3,(H,59,62)/b14-12-. The van der Waals surface area contributed by atoms with Crippen LogP contribution in [-0.4, -0.2) is 47.4 Å². The molecule has 6 heteroatoms. The van der Waals surface area contributed by atoms with Crippen LogP contribution in [0.1, 0.15) is 322 Å². The number of rotatable bonds is 54. The molecule has 1 amide bonds. The van der Waals surface area contributed by atoms with Gasteiger partial charge in [0.2, 0.25) is 5.91 Å². The van der Waals surface area contributed by atoms with Gasteiger partial charge < -0.3 is 20.3 Å². The number of esters is 1. The molecular weight excluding hydrogens is 791 g/mol. The number of hydrogen-bond donors (Lipinski definition) is 3. The van der Waals surface area contributed by atoms with Crippen LogP contribution in [0, 0.1) is 0 Å². The predicted molar refractivity (Wildman–Crippen MR) is 278 cm³/mol. The van der Waals surface area contributed by atoms with Crippen LogP contribution in [0.25, 0.3) is 0 Å². The topological polar surface area (TPSA) is 95.9 Å². The molecule has 0 saturated carbocycles. The van der Waals surface area contributed by atoms with Gasteiger partial charge in [0.1, 0.15) is 0 Å². The molecular formula is C58H113NO5. The fourth-order valence-electron chi connectivity index (χ4n) is 9.11. The Morgan fingerprint density at radius 2 is 0.734 bits per heavy atom. The quantitative estimate of drug-likeness (QED) is 0.0321. The van der Waals surface area contributed by atoms with E-state index in [-0.39, 0.29) is 18.5 Å². The number of carbonyl (C=O) groups is 2. The summed E-state index contributed by atoms with van der Waals surface area (Å²) in [5, 5.41) is 23.3. The Morgan fingerprint density at radius 1 is 0.422 bits per heavy atom. The summed E-state index contributed by atoms with van der Waals surface area (Å²) >= 11 is 0. The lowest BCUT2D eigenvalue weighted by Crippen LogP contribution is -2.45. The molecule has 2 unspecified atom stereocenters. The minimum Gasteiger partial charge on any atom is -0.466 e. The van der Waals surface area contributed by atoms with Crippen molar-refractivity contribution in [1.82, 2.24) is 5.32 Å². The first-order chi connectivity index (χ1) is 31.5. The van der Waals surface area contributed by atoms with E-state index in [1.54, 1.807) is 0 Å². The van der Waals surface area contributed by atoms with Crippen molar-refractivity contribution in [2.24, 2.45) is 0 Å². The second kappa shape index (κ2) is 54.2. The lowest BCUT2D eigenvalue weighted by molar-refractivity contribution is -0.143. The predicted octanol–water partition coefficient (Wildman–Crippen LogP) is 17.7. The van der Waals surface area contributed by atoms with Gasteiger partial charge in [-0.15, -0.1) is 0 Å². The molecule has 0 heterocycles. The molecule has 0 rings (SSSR count). The monoisotopic (exact) mass is 904 g/mol. The first-order valence-electron chi connectivity index (χ1n) is 28.9. The SMILES string of the molecule is CCCCC/C=C\CCCCCCCC(=O)OCCCCCCCCCCCCCCCCCCCCCC(=O)NC(CO)C(O)CCCCCCCCCCCCCCCCCC. The molecule has 0 aromatic heterocycles. The van der Waals surface area contributed by atoms with E-state index in [1.165, 1.54) is 244 Å². The molecule has 0 saturated heterocycles. The summed E-state index contributed by atoms with van der Waals surface area (Å²) in [6.07, 6.45) is 63.4. The molecule has 64 heavy (non-hydrogen) atoms. The zero-order valence-electron chi connectivity index (χ0n) is 43.3. The number of hydrogen-bond acceptors (Lipinski definition) is 5. The van der Waals surface area contributed by atoms with Crippen LogP contribution in [-0.2, 0) is 14.3 Å². The molecule has 0 aromatic rings. The highest BCUT2D eigenvalue weighted by atomic mass is 16.5. The van der Waals surface area contributed by atoms with E-state index in [9.17, 15) is 19.8 Å². The summed E-state index contributed by atoms with van der Waals surface area (Å²) in [5.74, 6) is -0.0362. The highest BCUT2D eigenvalue weighted by Crippen LogP contribution is 2.18. The zero-order chi connectivity index (χ0) is 46.5. The van der Waals surface area contributed by atoms with Gasteiger partial charge in [-0.1, -0.05) is 270 Å². The van der Waals surface area contributed by atoms with E-state index in [0.29, 0.717) is 25.9 Å². The van der Waals surface area contributed by atoms with Crippen LogP contribution in [0.15, 0.2) is 12.2 Å². The van der Waals surface area contributed by atoms with Gasteiger partial charge in [0.25, 0.3) is 0 Å². The van der Waals surface area contributed by atoms with Crippen LogP contribution in [0.3, 0.4) is 0 Å². The van der Waals surface area contributed by atoms with Crippen LogP contribution >= 0.6 is 0 Å². The molecule has 0 fully saturated rings. The number of aliphatic hydroxyl groups excluding tert-OH is 2. The number of unbranched alkanes of at least 4 members (excludes halogenated alkanes) is 41. The van der Waals surface area contributed by atoms with Gasteiger partial charge in [0.15, 0.2) is 0 Å². The smallest absolute Gasteiger partial charge is 0.305 e. The average Bonchev–Trinajstić information content (AvgIpc) is 3.29. The minimum atomic E-state index is -0.665. The Morgan fingerprint density at radius 3 is 1.14 bits per heavy atom. The van der Waals surface area contributed by atoms with Crippen molar-refractivity contribution < 1.29 is 24.5 Å². The number of carbonyl (C=O) groups excluding carboxylic acids is 2. The van der Waals surface area contributed by atoms with Crippen LogP contribution in [0.2, 0.25) is 0 Å². The number of aliphatic hydroxyl groups is 2. The normalized spacial score (nSPS) is 12.6. The zero-order valence-corrected chi connectivity index (χ0v) is 43.3. The average molecular weight is 905 g/mol. The maximum Gasteiger partial charge on any atom is 0.305 e. The van der Waals surface area contributed by atoms with Crippen LogP contribution < -0.4 is 5.32 Å². The first kappa shape index (κ1) is 62.6. The molecule has 0 spiro atoms. The van der Waals surface area contributed by atoms with Gasteiger partial charge in [-0.2, -0.15) is 0 Å². The molecule has 0 aliphatic carbocycles. The second-order valence-corrected chi connectivity index (χ2v) is 20.0. The van der Waals surface area contributed by atoms with Gasteiger partial charge in [-0.25, -0.2) is 0 Å². The molecule has 0 bridgehead atoms. The summed E-state index contributed by atoms with van der Waals surface area (Å²) in [7, 11) is 0. The van der Waals surface area contributed by atoms with Gasteiger partial charge in [-0.3, -0.25) is 9.59 Å². The molecule has 6 nitrogen and oxygen atoms in total. The van der Waals surface area contributed by atoms with Crippen molar-refractivity contribution in [1.29, 1.82) is 0 Å². The van der Waals surface area contributed by atoms with Crippen LogP contribution in [0.4, 0.5) is 0 Å². The van der Waals surface area contributed by atoms with Crippen molar-refractivity contribution >= 4 is 11.9 Å². The molecule has 0 aliphatic heterocycles. The number of nitrogens with one attached hydrogen (secondary N) is 1. The van der Waals surface area contributed by atoms with E-state index < -0.39 is 12.1 Å². The van der Waals surface area contributed by atoms with E-state index in [1.807, 2.05) is 0 Å². The molecule has 3 N–H and O–H groups in total. The van der Waals surface area contributed by atoms with Crippen molar-refractivity contribution in [2.45, 2.75) is 334 Å². The maximum absolute atomic E-state index is 12.5. The number of allylic oxidation sites excluding steroid dienone is 2. The molecule has 0 radical (unpaired) electrons. The molecule has 380 valence electrons. The van der Waals surface area contributed by atoms with E-state index in [4.69, 9.17) is 4.74 Å². The summed E-state index contributed by atoms with van der Waals surface area (Å²) in [6, 6.07) is -0.543. The summed E-state index contributed by atoms with van der Waals surface area (Å²) in [4.78, 5) is 24.5. The third kappa shape index (κ3) is 50.0. The molecule has 0 aliphatic rings. The van der Waals surface area contributed by atoms with E-state index >= 15 is 0 Å². The Labute approximate surface area is 399 Å². The fraction of sp³-hybridized carbons (Fsp3) is 0.931. The lowest BCUT2D eigenvalue weighted by atomic mass is 10.0. The number of amides is 1. The third-order valence-electron chi connectivity index (χ3n) is 13.6. The number of ether oxygens (including phenoxy) is 1. The Balaban J connectivity index is 3.40. The van der Waals surface area contributed by atoms with Crippen LogP contribution in [0.5, 0.6) is 0 Å². The second-order valence-electron chi connectivity index (χ2n) is 20.0. The van der Waals surface area contributed by atoms with Gasteiger partial charge in [0, 0.05) is 12.8 Å². The van der Waals surface area contributed by atoms with E-state index in [2.05, 4.69) is 31.3 Å². The van der Waals surface area contributed by atoms with Crippen molar-refractivity contribution in [3.05, 3.63) is 12.2 Å². The minimum absolute atomic E-state index is 0.000516. The van der Waals surface area contributed by atoms with Gasteiger partial charge in [0.05, 0.1) is 25.4 Å². The van der Waals surface area contributed by atoms with E-state index in [0.717, 1.165) is 44.9 Å². The fourth-order valence-corrected chi connectivity index (χ4v) is 9.11. The highest BCUT2D eigenvalue weighted by Gasteiger charge is 2.20. The first-order valence-corrected chi connectivity index (χ1v) is 28.9. The third-order valence-corrected chi connectivity index (χ3v) is 13.6. The van der Waals surface area contributed by atoms with Crippen molar-refractivity contribution in [2.75, 3.05) is 13.2 Å². The summed E-state index contributed by atoms with van der Waals surface area (Å²) < 4.78 is 5.46. The van der Waals surface area contributed by atoms with Crippen molar-refractivity contribution in [3.8, 4) is 0 Å². The van der Waals surface area contributed by atoms with Gasteiger partial charge in [-0.05, 0) is 51.4 Å². The van der Waals surface area contributed by atoms with Gasteiger partial charge >= 0.3 is 5.97 Å². The summed E-state index contributed by atoms with van der Waals surface area (Å²) in [6.45, 7) is 4.94. The maximum atomic E-state index is 12.5. The largest absolute Gasteiger partial charge is 0.466 e. The Kier molecular flexibility index (Phi) is 53.0. The highest BCUT2D eigenvalue weighted by molar-refractivity contribution is 5.76. The molecule has 0 aromatic carbocycles. The summed E-state index contributed by atoms with van der Waals surface area (Å²) in [5.41, 5.74) is 0. The Hall–Kier alpha value is -1.40.